The molecule has 0 bridgehead atoms. The molecule has 0 saturated carbocycles. The number of rotatable bonds is 7. The quantitative estimate of drug-likeness (QED) is 0.751. The van der Waals surface area contributed by atoms with Crippen molar-refractivity contribution in [3.8, 4) is 0 Å². The van der Waals surface area contributed by atoms with Crippen LogP contribution in [0.15, 0.2) is 27.7 Å². The zero-order valence-corrected chi connectivity index (χ0v) is 15.7. The SMILES string of the molecule is Cc1nn(CC(=O)NCC(F)(F)F)c(C)c1S(=O)(=O)N(C)Cc1ccco1. The summed E-state index contributed by atoms with van der Waals surface area (Å²) >= 11 is 0. The van der Waals surface area contributed by atoms with Gasteiger partial charge in [-0.3, -0.25) is 9.48 Å². The Morgan fingerprint density at radius 1 is 1.37 bits per heavy atom. The molecule has 1 N–H and O–H groups in total. The zero-order valence-electron chi connectivity index (χ0n) is 14.9. The molecule has 1 amide bonds. The van der Waals surface area contributed by atoms with Crippen LogP contribution >= 0.6 is 0 Å². The number of alkyl halides is 3. The van der Waals surface area contributed by atoms with Crippen LogP contribution in [0.5, 0.6) is 0 Å². The smallest absolute Gasteiger partial charge is 0.405 e. The lowest BCUT2D eigenvalue weighted by atomic mass is 10.4. The van der Waals surface area contributed by atoms with Gasteiger partial charge in [0.2, 0.25) is 15.9 Å². The maximum atomic E-state index is 12.8. The van der Waals surface area contributed by atoms with E-state index in [2.05, 4.69) is 5.10 Å². The summed E-state index contributed by atoms with van der Waals surface area (Å²) < 4.78 is 69.5. The Morgan fingerprint density at radius 3 is 2.59 bits per heavy atom. The molecule has 0 radical (unpaired) electrons. The van der Waals surface area contributed by atoms with Crippen LogP contribution in [0.1, 0.15) is 17.1 Å². The summed E-state index contributed by atoms with van der Waals surface area (Å²) in [5, 5.41) is 5.71. The Balaban J connectivity index is 2.19. The second-order valence-corrected chi connectivity index (χ2v) is 7.87. The van der Waals surface area contributed by atoms with Crippen LogP contribution in [0.2, 0.25) is 0 Å². The highest BCUT2D eigenvalue weighted by Gasteiger charge is 2.31. The summed E-state index contributed by atoms with van der Waals surface area (Å²) in [6.45, 7) is 0.878. The average Bonchev–Trinajstić information content (AvgIpc) is 3.13. The minimum Gasteiger partial charge on any atom is -0.468 e. The number of hydrogen-bond acceptors (Lipinski definition) is 5. The molecule has 0 unspecified atom stereocenters. The monoisotopic (exact) mass is 408 g/mol. The number of hydrogen-bond donors (Lipinski definition) is 1. The van der Waals surface area contributed by atoms with Gasteiger partial charge in [-0.05, 0) is 26.0 Å². The van der Waals surface area contributed by atoms with E-state index in [1.165, 1.54) is 27.2 Å². The third-order valence-electron chi connectivity index (χ3n) is 3.72. The van der Waals surface area contributed by atoms with Gasteiger partial charge in [0.15, 0.2) is 0 Å². The number of furan rings is 1. The standard InChI is InChI=1S/C15H19F3N4O4S/c1-10-14(27(24,25)21(3)7-12-5-4-6-26-12)11(2)22(20-10)8-13(23)19-9-15(16,17)18/h4-6H,7-9H2,1-3H3,(H,19,23). The van der Waals surface area contributed by atoms with Gasteiger partial charge in [-0.2, -0.15) is 22.6 Å². The summed E-state index contributed by atoms with van der Waals surface area (Å²) in [7, 11) is -2.58. The molecule has 0 aliphatic rings. The number of nitrogens with one attached hydrogen (secondary N) is 1. The minimum absolute atomic E-state index is 0.00847. The van der Waals surface area contributed by atoms with Crippen molar-refractivity contribution < 1.29 is 30.8 Å². The van der Waals surface area contributed by atoms with E-state index < -0.39 is 35.2 Å². The van der Waals surface area contributed by atoms with E-state index in [-0.39, 0.29) is 22.8 Å². The first-order chi connectivity index (χ1) is 12.4. The molecule has 2 rings (SSSR count). The molecule has 150 valence electrons. The first kappa shape index (κ1) is 21.0. The summed E-state index contributed by atoms with van der Waals surface area (Å²) in [4.78, 5) is 11.6. The van der Waals surface area contributed by atoms with Crippen molar-refractivity contribution in [1.29, 1.82) is 0 Å². The number of carbonyl (C=O) groups is 1. The number of sulfonamides is 1. The molecule has 2 aromatic rings. The van der Waals surface area contributed by atoms with Gasteiger partial charge in [-0.1, -0.05) is 0 Å². The molecule has 0 atom stereocenters. The topological polar surface area (TPSA) is 97.4 Å². The molecule has 12 heteroatoms. The third-order valence-corrected chi connectivity index (χ3v) is 5.78. The zero-order chi connectivity index (χ0) is 20.4. The van der Waals surface area contributed by atoms with Crippen LogP contribution in [0.3, 0.4) is 0 Å². The molecule has 27 heavy (non-hydrogen) atoms. The van der Waals surface area contributed by atoms with Crippen molar-refractivity contribution in [3.63, 3.8) is 0 Å². The molecule has 2 aromatic heterocycles. The summed E-state index contributed by atoms with van der Waals surface area (Å²) in [6.07, 6.45) is -3.11. The fourth-order valence-electron chi connectivity index (χ4n) is 2.46. The Hall–Kier alpha value is -2.34. The number of carbonyl (C=O) groups excluding carboxylic acids is 1. The van der Waals surface area contributed by atoms with Crippen molar-refractivity contribution in [3.05, 3.63) is 35.5 Å². The summed E-state index contributed by atoms with van der Waals surface area (Å²) in [6, 6.07) is 3.25. The predicted molar refractivity (Wildman–Crippen MR) is 88.1 cm³/mol. The van der Waals surface area contributed by atoms with Crippen LogP contribution in [0, 0.1) is 13.8 Å². The Labute approximate surface area is 154 Å². The number of halogens is 3. The van der Waals surface area contributed by atoms with Crippen LogP contribution in [-0.4, -0.2) is 48.2 Å². The first-order valence-corrected chi connectivity index (χ1v) is 9.22. The Morgan fingerprint density at radius 2 is 2.04 bits per heavy atom. The van der Waals surface area contributed by atoms with E-state index in [1.54, 1.807) is 17.4 Å². The lowest BCUT2D eigenvalue weighted by Crippen LogP contribution is -2.36. The Bertz CT molecular complexity index is 904. The average molecular weight is 408 g/mol. The molecular weight excluding hydrogens is 389 g/mol. The Kier molecular flexibility index (Phi) is 6.00. The summed E-state index contributed by atoms with van der Waals surface area (Å²) in [5.74, 6) is -0.485. The van der Waals surface area contributed by atoms with Gasteiger partial charge in [-0.15, -0.1) is 0 Å². The fraction of sp³-hybridized carbons (Fsp3) is 0.467. The van der Waals surface area contributed by atoms with Crippen molar-refractivity contribution in [2.75, 3.05) is 13.6 Å². The molecule has 0 fully saturated rings. The molecule has 0 spiro atoms. The van der Waals surface area contributed by atoms with Gasteiger partial charge >= 0.3 is 6.18 Å². The highest BCUT2D eigenvalue weighted by atomic mass is 32.2. The maximum Gasteiger partial charge on any atom is 0.405 e. The summed E-state index contributed by atoms with van der Waals surface area (Å²) in [5.41, 5.74) is 0.295. The van der Waals surface area contributed by atoms with E-state index in [1.807, 2.05) is 0 Å². The second kappa shape index (κ2) is 7.72. The van der Waals surface area contributed by atoms with Crippen molar-refractivity contribution in [2.24, 2.45) is 0 Å². The van der Waals surface area contributed by atoms with E-state index in [0.717, 1.165) is 8.99 Å². The third kappa shape index (κ3) is 5.10. The van der Waals surface area contributed by atoms with Crippen LogP contribution < -0.4 is 5.32 Å². The van der Waals surface area contributed by atoms with E-state index in [0.29, 0.717) is 5.76 Å². The van der Waals surface area contributed by atoms with E-state index in [9.17, 15) is 26.4 Å². The number of nitrogens with zero attached hydrogens (tertiary/aromatic N) is 3. The molecule has 8 nitrogen and oxygen atoms in total. The van der Waals surface area contributed by atoms with Crippen LogP contribution in [0.25, 0.3) is 0 Å². The van der Waals surface area contributed by atoms with Crippen LogP contribution in [0.4, 0.5) is 13.2 Å². The largest absolute Gasteiger partial charge is 0.468 e. The maximum absolute atomic E-state index is 12.8. The highest BCUT2D eigenvalue weighted by molar-refractivity contribution is 7.89. The van der Waals surface area contributed by atoms with Crippen LogP contribution in [-0.2, 0) is 27.9 Å². The van der Waals surface area contributed by atoms with Crippen molar-refractivity contribution in [2.45, 2.75) is 38.0 Å². The van der Waals surface area contributed by atoms with Crippen molar-refractivity contribution >= 4 is 15.9 Å². The molecule has 0 saturated heterocycles. The fourth-order valence-corrected chi connectivity index (χ4v) is 3.96. The lowest BCUT2D eigenvalue weighted by Gasteiger charge is -2.16. The number of aryl methyl sites for hydroxylation is 1. The first-order valence-electron chi connectivity index (χ1n) is 7.78. The number of aromatic nitrogens is 2. The van der Waals surface area contributed by atoms with E-state index >= 15 is 0 Å². The highest BCUT2D eigenvalue weighted by Crippen LogP contribution is 2.24. The van der Waals surface area contributed by atoms with Gasteiger partial charge in [-0.25, -0.2) is 8.42 Å². The van der Waals surface area contributed by atoms with Gasteiger partial charge in [0.05, 0.1) is 24.2 Å². The van der Waals surface area contributed by atoms with Gasteiger partial charge in [0, 0.05) is 7.05 Å². The van der Waals surface area contributed by atoms with Crippen molar-refractivity contribution in [1.82, 2.24) is 19.4 Å². The second-order valence-electron chi connectivity index (χ2n) is 5.89. The molecule has 0 aromatic carbocycles. The normalized spacial score (nSPS) is 12.6. The molecule has 2 heterocycles. The van der Waals surface area contributed by atoms with Gasteiger partial charge in [0.1, 0.15) is 23.7 Å². The lowest BCUT2D eigenvalue weighted by molar-refractivity contribution is -0.138. The molecule has 0 aliphatic heterocycles. The minimum atomic E-state index is -4.53. The predicted octanol–water partition coefficient (Wildman–Crippen LogP) is 1.59. The number of amides is 1. The van der Waals surface area contributed by atoms with E-state index in [4.69, 9.17) is 4.42 Å². The molecular formula is C15H19F3N4O4S. The van der Waals surface area contributed by atoms with Gasteiger partial charge < -0.3 is 9.73 Å². The molecule has 0 aliphatic carbocycles. The van der Waals surface area contributed by atoms with Gasteiger partial charge in [0.25, 0.3) is 0 Å².